The Hall–Kier alpha value is -1.86. The third-order valence-corrected chi connectivity index (χ3v) is 6.79. The first-order chi connectivity index (χ1) is 13.3. The summed E-state index contributed by atoms with van der Waals surface area (Å²) in [6.07, 6.45) is 1.62. The number of rotatable bonds is 7. The van der Waals surface area contributed by atoms with Crippen LogP contribution in [0.25, 0.3) is 0 Å². The van der Waals surface area contributed by atoms with Crippen LogP contribution >= 0.6 is 23.5 Å². The van der Waals surface area contributed by atoms with Crippen LogP contribution in [0, 0.1) is 0 Å². The number of hydrogen-bond acceptors (Lipinski definition) is 5. The number of furan rings is 1. The maximum atomic E-state index is 12.3. The Bertz CT molecular complexity index is 798. The molecule has 2 amide bonds. The average molecular weight is 419 g/mol. The van der Waals surface area contributed by atoms with Crippen LogP contribution in [0.5, 0.6) is 0 Å². The molecule has 0 spiro atoms. The Morgan fingerprint density at radius 1 is 1.29 bits per heavy atom. The summed E-state index contributed by atoms with van der Waals surface area (Å²) >= 11 is 3.43. The molecule has 1 N–H and O–H groups in total. The van der Waals surface area contributed by atoms with Gasteiger partial charge in [-0.2, -0.15) is 11.8 Å². The molecule has 1 saturated heterocycles. The highest BCUT2D eigenvalue weighted by molar-refractivity contribution is 8.00. The van der Waals surface area contributed by atoms with Crippen LogP contribution in [0.1, 0.15) is 47.8 Å². The van der Waals surface area contributed by atoms with Gasteiger partial charge in [-0.25, -0.2) is 0 Å². The Morgan fingerprint density at radius 3 is 2.68 bits per heavy atom. The van der Waals surface area contributed by atoms with E-state index >= 15 is 0 Å². The number of nitrogens with one attached hydrogen (secondary N) is 1. The zero-order valence-electron chi connectivity index (χ0n) is 16.4. The van der Waals surface area contributed by atoms with Gasteiger partial charge >= 0.3 is 0 Å². The highest BCUT2D eigenvalue weighted by Gasteiger charge is 2.33. The summed E-state index contributed by atoms with van der Waals surface area (Å²) < 4.78 is 5.59. The van der Waals surface area contributed by atoms with Gasteiger partial charge < -0.3 is 14.6 Å². The minimum absolute atomic E-state index is 0.0575. The van der Waals surface area contributed by atoms with Gasteiger partial charge in [-0.3, -0.25) is 9.59 Å². The highest BCUT2D eigenvalue weighted by Crippen LogP contribution is 2.39. The molecule has 5 nitrogen and oxygen atoms in total. The van der Waals surface area contributed by atoms with Gasteiger partial charge in [0.05, 0.1) is 18.6 Å². The smallest absolute Gasteiger partial charge is 0.251 e. The standard InChI is InChI=1S/C21H26N2O3S2/c1-21(2,3)28-12-10-22-19(25)15-6-8-16(9-7-15)20-23(18(24)14-27-20)13-17-5-4-11-26-17/h4-9,11,20H,10,12-14H2,1-3H3,(H,22,25)/t20-/m1/s1. The van der Waals surface area contributed by atoms with Gasteiger partial charge in [0.25, 0.3) is 5.91 Å². The van der Waals surface area contributed by atoms with Crippen molar-refractivity contribution in [2.24, 2.45) is 0 Å². The third-order valence-electron chi connectivity index (χ3n) is 4.26. The second-order valence-electron chi connectivity index (χ2n) is 7.60. The summed E-state index contributed by atoms with van der Waals surface area (Å²) in [6.45, 7) is 7.60. The number of benzene rings is 1. The van der Waals surface area contributed by atoms with Crippen LogP contribution in [-0.2, 0) is 11.3 Å². The molecule has 1 aromatic carbocycles. The van der Waals surface area contributed by atoms with Crippen molar-refractivity contribution >= 4 is 35.3 Å². The van der Waals surface area contributed by atoms with Crippen LogP contribution in [0.2, 0.25) is 0 Å². The lowest BCUT2D eigenvalue weighted by atomic mass is 10.1. The maximum Gasteiger partial charge on any atom is 0.251 e. The number of carbonyl (C=O) groups is 2. The molecule has 0 bridgehead atoms. The van der Waals surface area contributed by atoms with Gasteiger partial charge in [-0.05, 0) is 29.8 Å². The maximum absolute atomic E-state index is 12.3. The topological polar surface area (TPSA) is 62.6 Å². The Labute approximate surface area is 174 Å². The van der Waals surface area contributed by atoms with Gasteiger partial charge in [-0.15, -0.1) is 11.8 Å². The summed E-state index contributed by atoms with van der Waals surface area (Å²) in [5.74, 6) is 2.15. The molecule has 0 unspecified atom stereocenters. The monoisotopic (exact) mass is 418 g/mol. The Morgan fingerprint density at radius 2 is 2.04 bits per heavy atom. The predicted molar refractivity (Wildman–Crippen MR) is 115 cm³/mol. The van der Waals surface area contributed by atoms with Crippen LogP contribution < -0.4 is 5.32 Å². The minimum atomic E-state index is -0.0661. The van der Waals surface area contributed by atoms with Gasteiger partial charge in [-0.1, -0.05) is 32.9 Å². The van der Waals surface area contributed by atoms with Crippen molar-refractivity contribution in [3.63, 3.8) is 0 Å². The molecule has 1 aromatic heterocycles. The van der Waals surface area contributed by atoms with Crippen LogP contribution in [0.3, 0.4) is 0 Å². The van der Waals surface area contributed by atoms with E-state index in [9.17, 15) is 9.59 Å². The quantitative estimate of drug-likeness (QED) is 0.679. The fraction of sp³-hybridized carbons (Fsp3) is 0.429. The summed E-state index contributed by atoms with van der Waals surface area (Å²) in [5, 5.41) is 2.91. The van der Waals surface area contributed by atoms with Gasteiger partial charge in [0.2, 0.25) is 5.91 Å². The van der Waals surface area contributed by atoms with E-state index in [0.717, 1.165) is 17.1 Å². The molecular weight excluding hydrogens is 392 g/mol. The minimum Gasteiger partial charge on any atom is -0.467 e. The second kappa shape index (κ2) is 9.09. The molecule has 7 heteroatoms. The molecule has 0 aliphatic carbocycles. The molecule has 2 aromatic rings. The number of nitrogens with zero attached hydrogens (tertiary/aromatic N) is 1. The van der Waals surface area contributed by atoms with E-state index in [1.165, 1.54) is 0 Å². The van der Waals surface area contributed by atoms with Crippen molar-refractivity contribution in [2.75, 3.05) is 18.1 Å². The van der Waals surface area contributed by atoms with Crippen LogP contribution in [-0.4, -0.2) is 39.5 Å². The highest BCUT2D eigenvalue weighted by atomic mass is 32.2. The van der Waals surface area contributed by atoms with Crippen molar-refractivity contribution in [2.45, 2.75) is 37.4 Å². The van der Waals surface area contributed by atoms with E-state index in [4.69, 9.17) is 4.42 Å². The first-order valence-corrected chi connectivity index (χ1v) is 11.3. The summed E-state index contributed by atoms with van der Waals surface area (Å²) in [7, 11) is 0. The van der Waals surface area contributed by atoms with E-state index in [-0.39, 0.29) is 21.9 Å². The SMILES string of the molecule is CC(C)(C)SCCNC(=O)c1ccc([C@H]2SCC(=O)N2Cc2ccco2)cc1. The molecule has 1 atom stereocenters. The molecule has 1 aliphatic heterocycles. The van der Waals surface area contributed by atoms with Gasteiger partial charge in [0.15, 0.2) is 0 Å². The fourth-order valence-corrected chi connectivity index (χ4v) is 4.90. The van der Waals surface area contributed by atoms with E-state index in [0.29, 0.717) is 24.4 Å². The lowest BCUT2D eigenvalue weighted by Crippen LogP contribution is -2.28. The van der Waals surface area contributed by atoms with E-state index < -0.39 is 0 Å². The molecular formula is C21H26N2O3S2. The lowest BCUT2D eigenvalue weighted by molar-refractivity contribution is -0.128. The van der Waals surface area contributed by atoms with Crippen molar-refractivity contribution in [3.05, 3.63) is 59.5 Å². The molecule has 3 rings (SSSR count). The average Bonchev–Trinajstić information content (AvgIpc) is 3.29. The number of thioether (sulfide) groups is 2. The third kappa shape index (κ3) is 5.58. The summed E-state index contributed by atoms with van der Waals surface area (Å²) in [6, 6.07) is 11.2. The zero-order valence-corrected chi connectivity index (χ0v) is 18.1. The first-order valence-electron chi connectivity index (χ1n) is 9.29. The van der Waals surface area contributed by atoms with Crippen molar-refractivity contribution in [1.29, 1.82) is 0 Å². The normalized spacial score (nSPS) is 17.2. The van der Waals surface area contributed by atoms with Gasteiger partial charge in [0, 0.05) is 22.6 Å². The molecule has 1 fully saturated rings. The summed E-state index contributed by atoms with van der Waals surface area (Å²) in [5.41, 5.74) is 1.65. The van der Waals surface area contributed by atoms with Crippen LogP contribution in [0.15, 0.2) is 47.1 Å². The zero-order chi connectivity index (χ0) is 20.1. The van der Waals surface area contributed by atoms with E-state index in [1.54, 1.807) is 18.0 Å². The first kappa shape index (κ1) is 20.9. The van der Waals surface area contributed by atoms with Crippen LogP contribution in [0.4, 0.5) is 0 Å². The van der Waals surface area contributed by atoms with E-state index in [1.807, 2.05) is 53.1 Å². The molecule has 0 saturated carbocycles. The number of carbonyl (C=O) groups excluding carboxylic acids is 2. The molecule has 28 heavy (non-hydrogen) atoms. The fourth-order valence-electron chi connectivity index (χ4n) is 2.89. The van der Waals surface area contributed by atoms with Crippen molar-refractivity contribution < 1.29 is 14.0 Å². The van der Waals surface area contributed by atoms with Gasteiger partial charge in [0.1, 0.15) is 11.1 Å². The largest absolute Gasteiger partial charge is 0.467 e. The van der Waals surface area contributed by atoms with E-state index in [2.05, 4.69) is 26.1 Å². The van der Waals surface area contributed by atoms with Crippen molar-refractivity contribution in [3.8, 4) is 0 Å². The van der Waals surface area contributed by atoms with Crippen molar-refractivity contribution in [1.82, 2.24) is 10.2 Å². The molecule has 0 radical (unpaired) electrons. The molecule has 150 valence electrons. The Kier molecular flexibility index (Phi) is 6.78. The number of hydrogen-bond donors (Lipinski definition) is 1. The second-order valence-corrected chi connectivity index (χ2v) is 10.6. The number of amides is 2. The molecule has 2 heterocycles. The lowest BCUT2D eigenvalue weighted by Gasteiger charge is -2.23. The predicted octanol–water partition coefficient (Wildman–Crippen LogP) is 4.32. The molecule has 1 aliphatic rings. The summed E-state index contributed by atoms with van der Waals surface area (Å²) in [4.78, 5) is 26.4. The Balaban J connectivity index is 1.58.